The molecule has 0 unspecified atom stereocenters. The molecule has 2 aromatic heterocycles. The van der Waals surface area contributed by atoms with Crippen LogP contribution in [-0.4, -0.2) is 0 Å². The monoisotopic (exact) mass is 416 g/mol. The third-order valence-electron chi connectivity index (χ3n) is 6.08. The normalized spacial score (nSPS) is 12.0. The van der Waals surface area contributed by atoms with Crippen molar-refractivity contribution in [3.63, 3.8) is 0 Å². The molecule has 2 heteroatoms. The van der Waals surface area contributed by atoms with Crippen LogP contribution in [0.4, 0.5) is 0 Å². The summed E-state index contributed by atoms with van der Waals surface area (Å²) in [6.07, 6.45) is 0. The lowest BCUT2D eigenvalue weighted by Crippen LogP contribution is -1.78. The van der Waals surface area contributed by atoms with Crippen molar-refractivity contribution in [3.05, 3.63) is 97.1 Å². The molecule has 0 atom stereocenters. The summed E-state index contributed by atoms with van der Waals surface area (Å²) in [5.74, 6) is 0. The summed E-state index contributed by atoms with van der Waals surface area (Å²) in [5.41, 5.74) is 1.35. The van der Waals surface area contributed by atoms with Gasteiger partial charge in [-0.05, 0) is 28.3 Å². The van der Waals surface area contributed by atoms with E-state index in [1.165, 1.54) is 62.2 Å². The molecule has 7 aromatic rings. The van der Waals surface area contributed by atoms with E-state index in [0.29, 0.717) is 0 Å². The summed E-state index contributed by atoms with van der Waals surface area (Å²) < 4.78 is 4.13. The molecule has 2 heterocycles. The molecule has 0 radical (unpaired) electrons. The van der Waals surface area contributed by atoms with E-state index in [9.17, 15) is 0 Å². The first-order valence-electron chi connectivity index (χ1n) is 10.1. The minimum absolute atomic E-state index is 1.34. The molecule has 30 heavy (non-hydrogen) atoms. The summed E-state index contributed by atoms with van der Waals surface area (Å²) in [5, 5.41) is 9.46. The molecule has 0 saturated carbocycles. The maximum Gasteiger partial charge on any atom is 0.0441 e. The molecule has 0 saturated heterocycles. The standard InChI is InChI=1S/C28H16S2/c1-2-10-19-17(8-1)18-9-3-4-12-21(18)28-24(19)16-26(30-28)23-14-7-13-22-20-11-5-6-15-25(20)29-27(22)23/h1-16H. The molecular weight excluding hydrogens is 400 g/mol. The number of benzene rings is 5. The zero-order valence-corrected chi connectivity index (χ0v) is 17.7. The zero-order chi connectivity index (χ0) is 19.7. The second kappa shape index (κ2) is 6.15. The molecule has 0 aliphatic rings. The van der Waals surface area contributed by atoms with Crippen molar-refractivity contribution in [2.75, 3.05) is 0 Å². The Bertz CT molecular complexity index is 1670. The van der Waals surface area contributed by atoms with E-state index >= 15 is 0 Å². The molecule has 0 fully saturated rings. The van der Waals surface area contributed by atoms with Crippen LogP contribution in [0.5, 0.6) is 0 Å². The lowest BCUT2D eigenvalue weighted by Gasteiger charge is -2.06. The Kier molecular flexibility index (Phi) is 3.40. The van der Waals surface area contributed by atoms with Gasteiger partial charge in [0.2, 0.25) is 0 Å². The van der Waals surface area contributed by atoms with Gasteiger partial charge in [0, 0.05) is 46.1 Å². The van der Waals surface area contributed by atoms with Crippen LogP contribution in [0.2, 0.25) is 0 Å². The Labute approximate surface area is 181 Å². The maximum atomic E-state index is 2.41. The molecule has 0 aliphatic heterocycles. The van der Waals surface area contributed by atoms with Crippen LogP contribution in [0.15, 0.2) is 97.1 Å². The predicted octanol–water partition coefficient (Wildman–Crippen LogP) is 9.24. The number of thiophene rings is 2. The van der Waals surface area contributed by atoms with Crippen molar-refractivity contribution >= 4 is 74.5 Å². The SMILES string of the molecule is c1ccc2c(c1)sc1c(-c3cc4c5ccccc5c5ccccc5c4s3)cccc12. The molecule has 140 valence electrons. The van der Waals surface area contributed by atoms with Crippen molar-refractivity contribution in [1.29, 1.82) is 0 Å². The van der Waals surface area contributed by atoms with Crippen LogP contribution in [-0.2, 0) is 0 Å². The van der Waals surface area contributed by atoms with Crippen molar-refractivity contribution in [2.45, 2.75) is 0 Å². The van der Waals surface area contributed by atoms with Gasteiger partial charge in [0.1, 0.15) is 0 Å². The highest BCUT2D eigenvalue weighted by Gasteiger charge is 2.15. The molecule has 0 amide bonds. The highest BCUT2D eigenvalue weighted by Crippen LogP contribution is 2.46. The van der Waals surface area contributed by atoms with Gasteiger partial charge in [-0.2, -0.15) is 0 Å². The smallest absolute Gasteiger partial charge is 0.0441 e. The van der Waals surface area contributed by atoms with Crippen LogP contribution >= 0.6 is 22.7 Å². The lowest BCUT2D eigenvalue weighted by molar-refractivity contribution is 1.80. The van der Waals surface area contributed by atoms with Crippen molar-refractivity contribution in [3.8, 4) is 10.4 Å². The van der Waals surface area contributed by atoms with Gasteiger partial charge >= 0.3 is 0 Å². The van der Waals surface area contributed by atoms with E-state index in [4.69, 9.17) is 0 Å². The largest absolute Gasteiger partial charge is 0.135 e. The van der Waals surface area contributed by atoms with E-state index in [0.717, 1.165) is 0 Å². The average molecular weight is 417 g/mol. The number of hydrogen-bond donors (Lipinski definition) is 0. The second-order valence-corrected chi connectivity index (χ2v) is 9.83. The molecular formula is C28H16S2. The van der Waals surface area contributed by atoms with Crippen LogP contribution in [0, 0.1) is 0 Å². The Balaban J connectivity index is 1.62. The van der Waals surface area contributed by atoms with Crippen molar-refractivity contribution in [2.24, 2.45) is 0 Å². The Morgan fingerprint density at radius 1 is 0.400 bits per heavy atom. The van der Waals surface area contributed by atoms with E-state index in [-0.39, 0.29) is 0 Å². The van der Waals surface area contributed by atoms with E-state index < -0.39 is 0 Å². The lowest BCUT2D eigenvalue weighted by atomic mass is 9.98. The number of rotatable bonds is 1. The van der Waals surface area contributed by atoms with Crippen LogP contribution in [0.3, 0.4) is 0 Å². The van der Waals surface area contributed by atoms with Crippen molar-refractivity contribution in [1.82, 2.24) is 0 Å². The third kappa shape index (κ3) is 2.21. The zero-order valence-electron chi connectivity index (χ0n) is 16.1. The quantitative estimate of drug-likeness (QED) is 0.234. The first-order valence-corrected chi connectivity index (χ1v) is 11.8. The predicted molar refractivity (Wildman–Crippen MR) is 135 cm³/mol. The van der Waals surface area contributed by atoms with Gasteiger partial charge in [-0.25, -0.2) is 0 Å². The first kappa shape index (κ1) is 16.6. The van der Waals surface area contributed by atoms with Gasteiger partial charge in [0.25, 0.3) is 0 Å². The van der Waals surface area contributed by atoms with Crippen LogP contribution < -0.4 is 0 Å². The Morgan fingerprint density at radius 2 is 0.967 bits per heavy atom. The summed E-state index contributed by atoms with van der Waals surface area (Å²) in [6.45, 7) is 0. The number of fused-ring (bicyclic) bond motifs is 9. The summed E-state index contributed by atoms with van der Waals surface area (Å²) in [4.78, 5) is 1.35. The van der Waals surface area contributed by atoms with Gasteiger partial charge in [0.15, 0.2) is 0 Å². The van der Waals surface area contributed by atoms with Gasteiger partial charge < -0.3 is 0 Å². The highest BCUT2D eigenvalue weighted by molar-refractivity contribution is 7.27. The highest BCUT2D eigenvalue weighted by atomic mass is 32.1. The molecule has 0 bridgehead atoms. The first-order chi connectivity index (χ1) is 14.9. The molecule has 0 aliphatic carbocycles. The van der Waals surface area contributed by atoms with Gasteiger partial charge in [-0.15, -0.1) is 22.7 Å². The summed E-state index contributed by atoms with van der Waals surface area (Å²) in [6, 6.07) is 35.5. The fourth-order valence-corrected chi connectivity index (χ4v) is 7.27. The molecule has 0 spiro atoms. The van der Waals surface area contributed by atoms with E-state index in [1.807, 2.05) is 22.7 Å². The van der Waals surface area contributed by atoms with Gasteiger partial charge in [0.05, 0.1) is 0 Å². The van der Waals surface area contributed by atoms with Gasteiger partial charge in [-0.3, -0.25) is 0 Å². The number of hydrogen-bond acceptors (Lipinski definition) is 2. The topological polar surface area (TPSA) is 0 Å². The third-order valence-corrected chi connectivity index (χ3v) is 8.50. The average Bonchev–Trinajstić information content (AvgIpc) is 3.42. The summed E-state index contributed by atoms with van der Waals surface area (Å²) in [7, 11) is 0. The van der Waals surface area contributed by atoms with Gasteiger partial charge in [-0.1, -0.05) is 84.9 Å². The Hall–Kier alpha value is -3.20. The fraction of sp³-hybridized carbons (Fsp3) is 0. The van der Waals surface area contributed by atoms with Crippen LogP contribution in [0.1, 0.15) is 0 Å². The minimum atomic E-state index is 1.34. The molecule has 0 N–H and O–H groups in total. The second-order valence-electron chi connectivity index (χ2n) is 7.73. The van der Waals surface area contributed by atoms with E-state index in [1.54, 1.807) is 0 Å². The minimum Gasteiger partial charge on any atom is -0.135 e. The molecule has 7 rings (SSSR count). The summed E-state index contributed by atoms with van der Waals surface area (Å²) >= 11 is 3.83. The van der Waals surface area contributed by atoms with Crippen molar-refractivity contribution < 1.29 is 0 Å². The van der Waals surface area contributed by atoms with E-state index in [2.05, 4.69) is 97.1 Å². The maximum absolute atomic E-state index is 2.41. The molecule has 5 aromatic carbocycles. The Morgan fingerprint density at radius 3 is 1.77 bits per heavy atom. The fourth-order valence-electron chi connectivity index (χ4n) is 4.73. The van der Waals surface area contributed by atoms with Crippen LogP contribution in [0.25, 0.3) is 62.2 Å². The molecule has 0 nitrogen and oxygen atoms in total.